The van der Waals surface area contributed by atoms with Crippen molar-refractivity contribution in [2.75, 3.05) is 18.1 Å². The van der Waals surface area contributed by atoms with E-state index in [1.165, 1.54) is 16.3 Å². The summed E-state index contributed by atoms with van der Waals surface area (Å²) in [5, 5.41) is 4.67. The van der Waals surface area contributed by atoms with Gasteiger partial charge in [-0.25, -0.2) is 4.79 Å². The van der Waals surface area contributed by atoms with E-state index in [4.69, 9.17) is 14.5 Å². The molecule has 0 saturated heterocycles. The Balaban J connectivity index is 1.41. The highest BCUT2D eigenvalue weighted by Crippen LogP contribution is 2.56. The molecule has 1 atom stereocenters. The van der Waals surface area contributed by atoms with Crippen LogP contribution in [0.25, 0.3) is 21.5 Å². The number of nitrogens with zero attached hydrogens (tertiary/aromatic N) is 2. The molecule has 4 aromatic rings. The summed E-state index contributed by atoms with van der Waals surface area (Å²) in [6.07, 6.45) is 3.58. The number of benzene rings is 4. The molecule has 38 heavy (non-hydrogen) atoms. The van der Waals surface area contributed by atoms with Gasteiger partial charge in [-0.05, 0) is 67.5 Å². The van der Waals surface area contributed by atoms with Gasteiger partial charge in [0.05, 0.1) is 18.2 Å². The van der Waals surface area contributed by atoms with Gasteiger partial charge in [-0.15, -0.1) is 0 Å². The standard InChI is InChI=1S/C33H32N2O3/c1-22(2)31(36)37-20-10-9-19-35-27-17-15-23-11-5-7-13-25(23)29(27)32(3,4)33(35)21-34-30-26-14-8-6-12-24(26)16-18-28(30)38-33/h5-8,11-18,21H,1,9-10,19-20H2,2-4H3. The summed E-state index contributed by atoms with van der Waals surface area (Å²) in [5.74, 6) is 0.448. The Labute approximate surface area is 223 Å². The Kier molecular flexibility index (Phi) is 5.75. The molecule has 1 unspecified atom stereocenters. The highest BCUT2D eigenvalue weighted by Gasteiger charge is 2.60. The number of fused-ring (bicyclic) bond motifs is 6. The van der Waals surface area contributed by atoms with Crippen LogP contribution in [0.1, 0.15) is 39.2 Å². The molecular weight excluding hydrogens is 472 g/mol. The second-order valence-electron chi connectivity index (χ2n) is 10.8. The van der Waals surface area contributed by atoms with Crippen molar-refractivity contribution in [2.45, 2.75) is 44.8 Å². The van der Waals surface area contributed by atoms with Crippen LogP contribution < -0.4 is 9.64 Å². The highest BCUT2D eigenvalue weighted by atomic mass is 16.5. The van der Waals surface area contributed by atoms with Crippen LogP contribution in [0.3, 0.4) is 0 Å². The number of ether oxygens (including phenoxy) is 2. The van der Waals surface area contributed by atoms with Crippen molar-refractivity contribution in [3.8, 4) is 5.75 Å². The van der Waals surface area contributed by atoms with Gasteiger partial charge in [0.2, 0.25) is 5.72 Å². The molecule has 0 radical (unpaired) electrons. The van der Waals surface area contributed by atoms with E-state index in [9.17, 15) is 4.79 Å². The minimum atomic E-state index is -0.802. The predicted octanol–water partition coefficient (Wildman–Crippen LogP) is 7.48. The molecule has 0 bridgehead atoms. The Morgan fingerprint density at radius 3 is 2.39 bits per heavy atom. The number of anilines is 1. The van der Waals surface area contributed by atoms with E-state index >= 15 is 0 Å². The van der Waals surface area contributed by atoms with Crippen molar-refractivity contribution >= 4 is 45.1 Å². The topological polar surface area (TPSA) is 51.1 Å². The van der Waals surface area contributed by atoms with Gasteiger partial charge >= 0.3 is 5.97 Å². The number of hydrogen-bond donors (Lipinski definition) is 0. The van der Waals surface area contributed by atoms with Gasteiger partial charge in [0.1, 0.15) is 11.4 Å². The third kappa shape index (κ3) is 3.60. The largest absolute Gasteiger partial charge is 0.462 e. The lowest BCUT2D eigenvalue weighted by molar-refractivity contribution is -0.139. The van der Waals surface area contributed by atoms with Gasteiger partial charge in [0, 0.05) is 23.2 Å². The van der Waals surface area contributed by atoms with E-state index in [0.717, 1.165) is 47.3 Å². The molecule has 0 amide bonds. The van der Waals surface area contributed by atoms with Gasteiger partial charge in [0.25, 0.3) is 0 Å². The maximum Gasteiger partial charge on any atom is 0.333 e. The summed E-state index contributed by atoms with van der Waals surface area (Å²) in [5.41, 5.74) is 2.51. The molecule has 5 heteroatoms. The maximum absolute atomic E-state index is 11.8. The molecule has 0 saturated carbocycles. The Morgan fingerprint density at radius 1 is 0.947 bits per heavy atom. The third-order valence-corrected chi connectivity index (χ3v) is 7.97. The van der Waals surface area contributed by atoms with Crippen LogP contribution in [0, 0.1) is 0 Å². The fraction of sp³-hybridized carbons (Fsp3) is 0.273. The molecule has 192 valence electrons. The normalized spacial score (nSPS) is 18.9. The summed E-state index contributed by atoms with van der Waals surface area (Å²) < 4.78 is 12.4. The average molecular weight is 505 g/mol. The molecular formula is C33H32N2O3. The smallest absolute Gasteiger partial charge is 0.333 e. The second kappa shape index (κ2) is 9.02. The lowest BCUT2D eigenvalue weighted by atomic mass is 9.75. The summed E-state index contributed by atoms with van der Waals surface area (Å²) in [7, 11) is 0. The van der Waals surface area contributed by atoms with Crippen LogP contribution in [-0.4, -0.2) is 31.1 Å². The second-order valence-corrected chi connectivity index (χ2v) is 10.8. The summed E-state index contributed by atoms with van der Waals surface area (Å²) >= 11 is 0. The monoisotopic (exact) mass is 504 g/mol. The first-order valence-corrected chi connectivity index (χ1v) is 13.2. The van der Waals surface area contributed by atoms with Gasteiger partial charge in [-0.1, -0.05) is 67.2 Å². The summed E-state index contributed by atoms with van der Waals surface area (Å²) in [6.45, 7) is 10.9. The number of rotatable bonds is 6. The van der Waals surface area contributed by atoms with E-state index < -0.39 is 11.1 Å². The molecule has 0 fully saturated rings. The van der Waals surface area contributed by atoms with Crippen LogP contribution in [-0.2, 0) is 14.9 Å². The zero-order valence-electron chi connectivity index (χ0n) is 22.2. The number of esters is 1. The fourth-order valence-corrected chi connectivity index (χ4v) is 5.99. The number of hydrogen-bond acceptors (Lipinski definition) is 5. The van der Waals surface area contributed by atoms with Crippen molar-refractivity contribution < 1.29 is 14.3 Å². The highest BCUT2D eigenvalue weighted by molar-refractivity contribution is 6.02. The van der Waals surface area contributed by atoms with Crippen molar-refractivity contribution in [3.05, 3.63) is 90.5 Å². The molecule has 0 aliphatic carbocycles. The van der Waals surface area contributed by atoms with Crippen LogP contribution in [0.5, 0.6) is 5.75 Å². The van der Waals surface area contributed by atoms with Crippen molar-refractivity contribution in [1.29, 1.82) is 0 Å². The first-order chi connectivity index (χ1) is 18.3. The van der Waals surface area contributed by atoms with Crippen LogP contribution in [0.15, 0.2) is 89.9 Å². The number of unbranched alkanes of at least 4 members (excludes halogenated alkanes) is 1. The van der Waals surface area contributed by atoms with Crippen LogP contribution in [0.4, 0.5) is 11.4 Å². The minimum Gasteiger partial charge on any atom is -0.462 e. The minimum absolute atomic E-state index is 0.341. The van der Waals surface area contributed by atoms with Gasteiger partial charge in [-0.2, -0.15) is 0 Å². The van der Waals surface area contributed by atoms with Gasteiger partial charge in [0.15, 0.2) is 0 Å². The molecule has 1 spiro atoms. The molecule has 0 aromatic heterocycles. The van der Waals surface area contributed by atoms with Gasteiger partial charge < -0.3 is 14.4 Å². The Morgan fingerprint density at radius 2 is 1.63 bits per heavy atom. The maximum atomic E-state index is 11.8. The lowest BCUT2D eigenvalue weighted by Gasteiger charge is -2.46. The quantitative estimate of drug-likeness (QED) is 0.155. The SMILES string of the molecule is C=C(C)C(=O)OCCCCN1c2ccc3ccccc3c2C(C)(C)C12C=Nc1c(ccc3ccccc13)O2. The molecule has 4 aromatic carbocycles. The molecule has 2 aliphatic heterocycles. The van der Waals surface area contributed by atoms with Gasteiger partial charge in [-0.3, -0.25) is 4.99 Å². The lowest BCUT2D eigenvalue weighted by Crippen LogP contribution is -2.62. The zero-order chi connectivity index (χ0) is 26.5. The Bertz CT molecular complexity index is 1620. The van der Waals surface area contributed by atoms with E-state index in [0.29, 0.717) is 12.2 Å². The van der Waals surface area contributed by atoms with E-state index in [1.807, 2.05) is 24.4 Å². The number of aliphatic imine (C=N–C) groups is 1. The molecule has 5 nitrogen and oxygen atoms in total. The number of carbonyl (C=O) groups is 1. The first kappa shape index (κ1) is 24.2. The average Bonchev–Trinajstić information content (AvgIpc) is 3.10. The third-order valence-electron chi connectivity index (χ3n) is 7.97. The van der Waals surface area contributed by atoms with Crippen molar-refractivity contribution in [2.24, 2.45) is 4.99 Å². The van der Waals surface area contributed by atoms with Crippen LogP contribution >= 0.6 is 0 Å². The molecule has 6 rings (SSSR count). The number of carbonyl (C=O) groups excluding carboxylic acids is 1. The van der Waals surface area contributed by atoms with E-state index in [-0.39, 0.29) is 5.97 Å². The zero-order valence-corrected chi connectivity index (χ0v) is 22.2. The van der Waals surface area contributed by atoms with Crippen LogP contribution in [0.2, 0.25) is 0 Å². The predicted molar refractivity (Wildman–Crippen MR) is 155 cm³/mol. The van der Waals surface area contributed by atoms with Crippen molar-refractivity contribution in [3.63, 3.8) is 0 Å². The first-order valence-electron chi connectivity index (χ1n) is 13.2. The summed E-state index contributed by atoms with van der Waals surface area (Å²) in [4.78, 5) is 19.3. The Hall–Kier alpha value is -4.12. The molecule has 0 N–H and O–H groups in total. The summed E-state index contributed by atoms with van der Waals surface area (Å²) in [6, 6.07) is 25.4. The molecule has 2 aliphatic rings. The fourth-order valence-electron chi connectivity index (χ4n) is 5.99. The molecule has 2 heterocycles. The van der Waals surface area contributed by atoms with E-state index in [1.54, 1.807) is 6.92 Å². The van der Waals surface area contributed by atoms with Crippen molar-refractivity contribution in [1.82, 2.24) is 0 Å². The van der Waals surface area contributed by atoms with E-state index in [2.05, 4.69) is 79.9 Å².